The number of carbonyl (C=O) groups excluding carboxylic acids is 2. The molecule has 0 spiro atoms. The topological polar surface area (TPSA) is 49.4 Å². The summed E-state index contributed by atoms with van der Waals surface area (Å²) in [6.45, 7) is 6.53. The molecule has 1 aliphatic heterocycles. The number of para-hydroxylation sites is 1. The van der Waals surface area contributed by atoms with Crippen LogP contribution in [0.25, 0.3) is 0 Å². The van der Waals surface area contributed by atoms with E-state index < -0.39 is 0 Å². The second-order valence-electron chi connectivity index (χ2n) is 4.92. The van der Waals surface area contributed by atoms with Crippen LogP contribution in [0.5, 0.6) is 0 Å². The van der Waals surface area contributed by atoms with Gasteiger partial charge >= 0.3 is 0 Å². The van der Waals surface area contributed by atoms with Crippen LogP contribution in [-0.2, 0) is 16.0 Å². The summed E-state index contributed by atoms with van der Waals surface area (Å²) in [7, 11) is 0. The van der Waals surface area contributed by atoms with Crippen molar-refractivity contribution in [1.29, 1.82) is 0 Å². The quantitative estimate of drug-likeness (QED) is 0.832. The maximum Gasteiger partial charge on any atom is 0.227 e. The molecule has 2 amide bonds. The van der Waals surface area contributed by atoms with Crippen LogP contribution in [0, 0.1) is 5.92 Å². The van der Waals surface area contributed by atoms with Crippen LogP contribution in [0.15, 0.2) is 36.9 Å². The molecular weight excluding hydrogens is 252 g/mol. The van der Waals surface area contributed by atoms with Crippen molar-refractivity contribution in [2.75, 3.05) is 18.0 Å². The van der Waals surface area contributed by atoms with Crippen molar-refractivity contribution in [2.45, 2.75) is 19.8 Å². The van der Waals surface area contributed by atoms with E-state index >= 15 is 0 Å². The first-order valence-electron chi connectivity index (χ1n) is 6.94. The predicted molar refractivity (Wildman–Crippen MR) is 79.5 cm³/mol. The molecular formula is C16H20N2O2. The first-order chi connectivity index (χ1) is 9.67. The Hall–Kier alpha value is -2.10. The Kier molecular flexibility index (Phi) is 4.56. The van der Waals surface area contributed by atoms with E-state index in [1.54, 1.807) is 11.0 Å². The van der Waals surface area contributed by atoms with Crippen molar-refractivity contribution in [3.63, 3.8) is 0 Å². The van der Waals surface area contributed by atoms with Crippen LogP contribution >= 0.6 is 0 Å². The fourth-order valence-electron chi connectivity index (χ4n) is 2.51. The molecule has 1 heterocycles. The smallest absolute Gasteiger partial charge is 0.227 e. The van der Waals surface area contributed by atoms with E-state index in [0.717, 1.165) is 17.7 Å². The Morgan fingerprint density at radius 1 is 1.50 bits per heavy atom. The van der Waals surface area contributed by atoms with Gasteiger partial charge in [0.1, 0.15) is 0 Å². The molecule has 106 valence electrons. The third kappa shape index (κ3) is 2.90. The van der Waals surface area contributed by atoms with Gasteiger partial charge in [-0.25, -0.2) is 0 Å². The fraction of sp³-hybridized carbons (Fsp3) is 0.375. The van der Waals surface area contributed by atoms with Gasteiger partial charge in [-0.1, -0.05) is 31.2 Å². The van der Waals surface area contributed by atoms with Gasteiger partial charge < -0.3 is 10.2 Å². The van der Waals surface area contributed by atoms with Gasteiger partial charge in [-0.15, -0.1) is 6.58 Å². The van der Waals surface area contributed by atoms with Crippen molar-refractivity contribution in [2.24, 2.45) is 5.92 Å². The second-order valence-corrected chi connectivity index (χ2v) is 4.92. The van der Waals surface area contributed by atoms with Crippen LogP contribution in [0.1, 0.15) is 18.9 Å². The molecule has 2 rings (SSSR count). The first-order valence-corrected chi connectivity index (χ1v) is 6.94. The Morgan fingerprint density at radius 3 is 2.95 bits per heavy atom. The zero-order chi connectivity index (χ0) is 14.5. The molecule has 1 fully saturated rings. The highest BCUT2D eigenvalue weighted by molar-refractivity contribution is 6.00. The zero-order valence-corrected chi connectivity index (χ0v) is 11.8. The summed E-state index contributed by atoms with van der Waals surface area (Å²) in [5, 5.41) is 2.76. The summed E-state index contributed by atoms with van der Waals surface area (Å²) in [6.07, 6.45) is 2.78. The molecule has 0 aromatic heterocycles. The Bertz CT molecular complexity index is 525. The molecule has 0 radical (unpaired) electrons. The Morgan fingerprint density at radius 2 is 2.25 bits per heavy atom. The van der Waals surface area contributed by atoms with Crippen LogP contribution in [-0.4, -0.2) is 24.9 Å². The largest absolute Gasteiger partial charge is 0.352 e. The van der Waals surface area contributed by atoms with Crippen LogP contribution in [0.4, 0.5) is 5.69 Å². The molecule has 1 saturated heterocycles. The lowest BCUT2D eigenvalue weighted by molar-refractivity contribution is -0.126. The fourth-order valence-corrected chi connectivity index (χ4v) is 2.51. The van der Waals surface area contributed by atoms with Gasteiger partial charge in [0.2, 0.25) is 11.8 Å². The molecule has 20 heavy (non-hydrogen) atoms. The zero-order valence-electron chi connectivity index (χ0n) is 11.8. The summed E-state index contributed by atoms with van der Waals surface area (Å²) in [6, 6.07) is 7.86. The van der Waals surface area contributed by atoms with Crippen molar-refractivity contribution in [3.05, 3.63) is 42.5 Å². The normalized spacial score (nSPS) is 18.1. The number of amides is 2. The van der Waals surface area contributed by atoms with Crippen molar-refractivity contribution in [3.8, 4) is 0 Å². The van der Waals surface area contributed by atoms with Crippen molar-refractivity contribution in [1.82, 2.24) is 5.32 Å². The van der Waals surface area contributed by atoms with E-state index in [-0.39, 0.29) is 24.2 Å². The lowest BCUT2D eigenvalue weighted by Crippen LogP contribution is -2.33. The first kappa shape index (κ1) is 14.3. The van der Waals surface area contributed by atoms with Gasteiger partial charge in [-0.05, 0) is 18.1 Å². The van der Waals surface area contributed by atoms with Crippen LogP contribution in [0.2, 0.25) is 0 Å². The molecule has 1 aliphatic rings. The van der Waals surface area contributed by atoms with Gasteiger partial charge in [0.15, 0.2) is 0 Å². The highest BCUT2D eigenvalue weighted by Crippen LogP contribution is 2.28. The molecule has 1 N–H and O–H groups in total. The number of hydrogen-bond acceptors (Lipinski definition) is 2. The summed E-state index contributed by atoms with van der Waals surface area (Å²) >= 11 is 0. The number of carbonyl (C=O) groups is 2. The number of anilines is 1. The third-order valence-electron chi connectivity index (χ3n) is 3.58. The number of benzene rings is 1. The monoisotopic (exact) mass is 272 g/mol. The molecule has 1 unspecified atom stereocenters. The highest BCUT2D eigenvalue weighted by atomic mass is 16.2. The number of nitrogens with one attached hydrogen (secondary N) is 1. The average molecular weight is 272 g/mol. The third-order valence-corrected chi connectivity index (χ3v) is 3.58. The minimum absolute atomic E-state index is 0.0182. The molecule has 0 bridgehead atoms. The van der Waals surface area contributed by atoms with E-state index in [1.165, 1.54) is 0 Å². The predicted octanol–water partition coefficient (Wildman–Crippen LogP) is 1.90. The van der Waals surface area contributed by atoms with E-state index in [4.69, 9.17) is 0 Å². The maximum absolute atomic E-state index is 12.2. The van der Waals surface area contributed by atoms with Gasteiger partial charge in [0.25, 0.3) is 0 Å². The van der Waals surface area contributed by atoms with E-state index in [9.17, 15) is 9.59 Å². The minimum atomic E-state index is -0.271. The lowest BCUT2D eigenvalue weighted by atomic mass is 10.1. The number of aryl methyl sites for hydroxylation is 1. The van der Waals surface area contributed by atoms with Gasteiger partial charge in [0.05, 0.1) is 5.92 Å². The van der Waals surface area contributed by atoms with Crippen molar-refractivity contribution < 1.29 is 9.59 Å². The summed E-state index contributed by atoms with van der Waals surface area (Å²) in [5.74, 6) is -0.327. The molecule has 1 aromatic rings. The SMILES string of the molecule is C=CCNC(=O)C1CC(=O)N(c2ccccc2CC)C1. The van der Waals surface area contributed by atoms with E-state index in [2.05, 4.69) is 18.8 Å². The van der Waals surface area contributed by atoms with Crippen LogP contribution < -0.4 is 10.2 Å². The standard InChI is InChI=1S/C16H20N2O2/c1-3-9-17-16(20)13-10-15(19)18(11-13)14-8-6-5-7-12(14)4-2/h3,5-8,13H,1,4,9-11H2,2H3,(H,17,20). The van der Waals surface area contributed by atoms with E-state index in [1.807, 2.05) is 24.3 Å². The van der Waals surface area contributed by atoms with Gasteiger partial charge in [-0.2, -0.15) is 0 Å². The summed E-state index contributed by atoms with van der Waals surface area (Å²) in [4.78, 5) is 25.8. The minimum Gasteiger partial charge on any atom is -0.352 e. The molecule has 1 aromatic carbocycles. The number of hydrogen-bond donors (Lipinski definition) is 1. The Labute approximate surface area is 119 Å². The average Bonchev–Trinajstić information content (AvgIpc) is 2.86. The second kappa shape index (κ2) is 6.37. The summed E-state index contributed by atoms with van der Waals surface area (Å²) in [5.41, 5.74) is 2.06. The van der Waals surface area contributed by atoms with Crippen molar-refractivity contribution >= 4 is 17.5 Å². The number of rotatable bonds is 5. The van der Waals surface area contributed by atoms with Crippen LogP contribution in [0.3, 0.4) is 0 Å². The Balaban J connectivity index is 2.13. The number of nitrogens with zero attached hydrogens (tertiary/aromatic N) is 1. The molecule has 0 aliphatic carbocycles. The highest BCUT2D eigenvalue weighted by Gasteiger charge is 2.35. The van der Waals surface area contributed by atoms with Gasteiger partial charge in [-0.3, -0.25) is 9.59 Å². The van der Waals surface area contributed by atoms with E-state index in [0.29, 0.717) is 13.1 Å². The lowest BCUT2D eigenvalue weighted by Gasteiger charge is -2.19. The molecule has 1 atom stereocenters. The molecule has 4 heteroatoms. The van der Waals surface area contributed by atoms with Gasteiger partial charge in [0, 0.05) is 25.2 Å². The molecule has 4 nitrogen and oxygen atoms in total. The maximum atomic E-state index is 12.2. The molecule has 0 saturated carbocycles. The summed E-state index contributed by atoms with van der Waals surface area (Å²) < 4.78 is 0.